The lowest BCUT2D eigenvalue weighted by molar-refractivity contribution is -0.0659. The third kappa shape index (κ3) is 3.23. The lowest BCUT2D eigenvalue weighted by Crippen LogP contribution is -2.49. The molecule has 0 spiro atoms. The first-order valence-corrected chi connectivity index (χ1v) is 9.01. The highest BCUT2D eigenvalue weighted by Gasteiger charge is 2.38. The summed E-state index contributed by atoms with van der Waals surface area (Å²) in [6, 6.07) is 1.75. The van der Waals surface area contributed by atoms with Gasteiger partial charge in [0.1, 0.15) is 0 Å². The number of thiophene rings is 1. The molecule has 1 aromatic rings. The Kier molecular flexibility index (Phi) is 4.86. The molecule has 0 radical (unpaired) electrons. The molecule has 0 amide bonds. The van der Waals surface area contributed by atoms with Gasteiger partial charge in [-0.25, -0.2) is 13.1 Å². The van der Waals surface area contributed by atoms with Crippen LogP contribution in [0.3, 0.4) is 0 Å². The maximum Gasteiger partial charge on any atom is 0.241 e. The fraction of sp³-hybridized carbons (Fsp3) is 0.692. The van der Waals surface area contributed by atoms with Gasteiger partial charge in [-0.3, -0.25) is 0 Å². The zero-order valence-corrected chi connectivity index (χ0v) is 13.8. The van der Waals surface area contributed by atoms with E-state index in [0.717, 1.165) is 29.0 Å². The Morgan fingerprint density at radius 2 is 2.15 bits per heavy atom. The third-order valence-corrected chi connectivity index (χ3v) is 6.55. The number of sulfonamides is 1. The number of aryl methyl sites for hydroxylation is 1. The summed E-state index contributed by atoms with van der Waals surface area (Å²) in [5.41, 5.74) is -0.301. The van der Waals surface area contributed by atoms with Gasteiger partial charge < -0.3 is 10.1 Å². The molecule has 1 heterocycles. The van der Waals surface area contributed by atoms with Crippen LogP contribution in [0.2, 0.25) is 0 Å². The summed E-state index contributed by atoms with van der Waals surface area (Å²) < 4.78 is 32.9. The monoisotopic (exact) mass is 318 g/mol. The Labute approximate surface area is 124 Å². The molecule has 2 N–H and O–H groups in total. The highest BCUT2D eigenvalue weighted by Crippen LogP contribution is 2.35. The lowest BCUT2D eigenvalue weighted by atomic mass is 9.80. The average molecular weight is 318 g/mol. The van der Waals surface area contributed by atoms with Crippen molar-refractivity contribution in [1.29, 1.82) is 0 Å². The molecule has 0 saturated heterocycles. The maximum absolute atomic E-state index is 12.4. The zero-order chi connectivity index (χ0) is 14.8. The quantitative estimate of drug-likeness (QED) is 0.802. The van der Waals surface area contributed by atoms with Crippen molar-refractivity contribution in [2.24, 2.45) is 0 Å². The van der Waals surface area contributed by atoms with E-state index >= 15 is 0 Å². The first-order valence-electron chi connectivity index (χ1n) is 6.71. The Balaban J connectivity index is 2.10. The first kappa shape index (κ1) is 15.9. The van der Waals surface area contributed by atoms with Crippen LogP contribution in [0.15, 0.2) is 11.0 Å². The number of ether oxygens (including phenoxy) is 1. The van der Waals surface area contributed by atoms with Crippen LogP contribution in [0.1, 0.15) is 29.0 Å². The van der Waals surface area contributed by atoms with E-state index in [-0.39, 0.29) is 5.60 Å². The molecule has 1 fully saturated rings. The van der Waals surface area contributed by atoms with Crippen LogP contribution in [0, 0.1) is 6.92 Å². The van der Waals surface area contributed by atoms with Gasteiger partial charge in [-0.15, -0.1) is 11.3 Å². The Hall–Kier alpha value is -0.470. The highest BCUT2D eigenvalue weighted by atomic mass is 32.2. The minimum atomic E-state index is -3.46. The predicted octanol–water partition coefficient (Wildman–Crippen LogP) is 1.62. The molecule has 20 heavy (non-hydrogen) atoms. The summed E-state index contributed by atoms with van der Waals surface area (Å²) in [5.74, 6) is 0. The van der Waals surface area contributed by atoms with Crippen LogP contribution in [-0.2, 0) is 21.3 Å². The standard InChI is InChI=1S/C13H22N2O3S2/c1-10-12(7-11(19-10)8-14-2)20(16,17)15-9-13(18-3)5-4-6-13/h7,14-15H,4-6,8-9H2,1-3H3. The second kappa shape index (κ2) is 6.11. The molecule has 0 aliphatic heterocycles. The number of hydrogen-bond donors (Lipinski definition) is 2. The van der Waals surface area contributed by atoms with E-state index in [1.807, 2.05) is 14.0 Å². The van der Waals surface area contributed by atoms with Crippen molar-refractivity contribution >= 4 is 21.4 Å². The van der Waals surface area contributed by atoms with Crippen molar-refractivity contribution in [2.75, 3.05) is 20.7 Å². The van der Waals surface area contributed by atoms with Gasteiger partial charge in [-0.05, 0) is 39.3 Å². The smallest absolute Gasteiger partial charge is 0.241 e. The molecule has 1 aliphatic carbocycles. The van der Waals surface area contributed by atoms with E-state index < -0.39 is 10.0 Å². The van der Waals surface area contributed by atoms with Gasteiger partial charge in [0.15, 0.2) is 0 Å². The number of methoxy groups -OCH3 is 1. The van der Waals surface area contributed by atoms with Gasteiger partial charge in [0.25, 0.3) is 0 Å². The van der Waals surface area contributed by atoms with Gasteiger partial charge in [-0.2, -0.15) is 0 Å². The van der Waals surface area contributed by atoms with Crippen LogP contribution in [0.25, 0.3) is 0 Å². The molecular weight excluding hydrogens is 296 g/mol. The molecule has 0 aromatic carbocycles. The largest absolute Gasteiger partial charge is 0.377 e. The van der Waals surface area contributed by atoms with E-state index in [0.29, 0.717) is 18.0 Å². The Morgan fingerprint density at radius 3 is 2.65 bits per heavy atom. The summed E-state index contributed by atoms with van der Waals surface area (Å²) in [5, 5.41) is 3.03. The topological polar surface area (TPSA) is 67.4 Å². The van der Waals surface area contributed by atoms with Gasteiger partial charge in [0.05, 0.1) is 10.5 Å². The molecule has 1 aromatic heterocycles. The fourth-order valence-electron chi connectivity index (χ4n) is 2.38. The Morgan fingerprint density at radius 1 is 1.45 bits per heavy atom. The minimum absolute atomic E-state index is 0.301. The van der Waals surface area contributed by atoms with E-state index in [1.54, 1.807) is 13.2 Å². The molecule has 114 valence electrons. The van der Waals surface area contributed by atoms with Crippen molar-refractivity contribution in [3.8, 4) is 0 Å². The number of rotatable bonds is 7. The van der Waals surface area contributed by atoms with Crippen molar-refractivity contribution < 1.29 is 13.2 Å². The molecular formula is C13H22N2O3S2. The molecule has 2 rings (SSSR count). The SMILES string of the molecule is CNCc1cc(S(=O)(=O)NCC2(OC)CCC2)c(C)s1. The molecule has 1 saturated carbocycles. The summed E-state index contributed by atoms with van der Waals surface area (Å²) in [7, 11) is 0.0395. The van der Waals surface area contributed by atoms with Gasteiger partial charge in [-0.1, -0.05) is 0 Å². The number of hydrogen-bond acceptors (Lipinski definition) is 5. The summed E-state index contributed by atoms with van der Waals surface area (Å²) >= 11 is 1.51. The minimum Gasteiger partial charge on any atom is -0.377 e. The van der Waals surface area contributed by atoms with Gasteiger partial charge in [0.2, 0.25) is 10.0 Å². The highest BCUT2D eigenvalue weighted by molar-refractivity contribution is 7.89. The Bertz CT molecular complexity index is 557. The summed E-state index contributed by atoms with van der Waals surface area (Å²) in [4.78, 5) is 2.23. The second-order valence-electron chi connectivity index (χ2n) is 5.23. The fourth-order valence-corrected chi connectivity index (χ4v) is 5.14. The van der Waals surface area contributed by atoms with Crippen molar-refractivity contribution in [3.63, 3.8) is 0 Å². The molecule has 1 aliphatic rings. The van der Waals surface area contributed by atoms with Crippen LogP contribution in [0.5, 0.6) is 0 Å². The molecule has 0 atom stereocenters. The molecule has 0 bridgehead atoms. The van der Waals surface area contributed by atoms with E-state index in [1.165, 1.54) is 11.3 Å². The van der Waals surface area contributed by atoms with Crippen LogP contribution in [-0.4, -0.2) is 34.7 Å². The van der Waals surface area contributed by atoms with E-state index in [4.69, 9.17) is 4.74 Å². The number of nitrogens with one attached hydrogen (secondary N) is 2. The second-order valence-corrected chi connectivity index (χ2v) is 8.30. The van der Waals surface area contributed by atoms with Crippen molar-refractivity contribution in [3.05, 3.63) is 15.8 Å². The van der Waals surface area contributed by atoms with Crippen molar-refractivity contribution in [1.82, 2.24) is 10.0 Å². The summed E-state index contributed by atoms with van der Waals surface area (Å²) in [6.45, 7) is 2.87. The molecule has 7 heteroatoms. The van der Waals surface area contributed by atoms with Crippen molar-refractivity contribution in [2.45, 2.75) is 43.2 Å². The first-order chi connectivity index (χ1) is 9.42. The van der Waals surface area contributed by atoms with Crippen LogP contribution in [0.4, 0.5) is 0 Å². The van der Waals surface area contributed by atoms with Crippen LogP contribution >= 0.6 is 11.3 Å². The van der Waals surface area contributed by atoms with Crippen LogP contribution < -0.4 is 10.0 Å². The lowest BCUT2D eigenvalue weighted by Gasteiger charge is -2.40. The van der Waals surface area contributed by atoms with Gasteiger partial charge >= 0.3 is 0 Å². The third-order valence-electron chi connectivity index (χ3n) is 3.85. The zero-order valence-electron chi connectivity index (χ0n) is 12.2. The maximum atomic E-state index is 12.4. The predicted molar refractivity (Wildman–Crippen MR) is 80.6 cm³/mol. The average Bonchev–Trinajstić information content (AvgIpc) is 2.71. The molecule has 5 nitrogen and oxygen atoms in total. The van der Waals surface area contributed by atoms with E-state index in [2.05, 4.69) is 10.0 Å². The van der Waals surface area contributed by atoms with Gasteiger partial charge in [0, 0.05) is 30.0 Å². The molecule has 0 unspecified atom stereocenters. The van der Waals surface area contributed by atoms with E-state index in [9.17, 15) is 8.42 Å². The summed E-state index contributed by atoms with van der Waals surface area (Å²) in [6.07, 6.45) is 2.93. The normalized spacial score (nSPS) is 17.9.